The minimum atomic E-state index is -3.71. The summed E-state index contributed by atoms with van der Waals surface area (Å²) in [5.74, 6) is -0.943. The van der Waals surface area contributed by atoms with E-state index in [-0.39, 0.29) is 29.8 Å². The van der Waals surface area contributed by atoms with E-state index in [1.54, 1.807) is 0 Å². The summed E-state index contributed by atoms with van der Waals surface area (Å²) in [6.45, 7) is 0.465. The molecule has 1 N–H and O–H groups in total. The number of hydrogen-bond donors (Lipinski definition) is 1. The number of rotatable bonds is 7. The highest BCUT2D eigenvalue weighted by Gasteiger charge is 2.32. The number of hydrogen-bond acceptors (Lipinski definition) is 5. The number of sulfonamides is 1. The van der Waals surface area contributed by atoms with Gasteiger partial charge in [0.15, 0.2) is 5.13 Å². The zero-order valence-corrected chi connectivity index (χ0v) is 21.6. The molecule has 0 aliphatic carbocycles. The van der Waals surface area contributed by atoms with E-state index in [1.165, 1.54) is 38.9 Å². The summed E-state index contributed by atoms with van der Waals surface area (Å²) in [6, 6.07) is 23.4. The van der Waals surface area contributed by atoms with Crippen molar-refractivity contribution >= 4 is 32.4 Å². The number of amides is 1. The molecule has 1 fully saturated rings. The second-order valence-electron chi connectivity index (χ2n) is 9.02. The fourth-order valence-corrected chi connectivity index (χ4v) is 6.60. The van der Waals surface area contributed by atoms with Gasteiger partial charge in [0.2, 0.25) is 15.9 Å². The normalized spacial score (nSPS) is 14.9. The van der Waals surface area contributed by atoms with E-state index in [0.29, 0.717) is 18.0 Å². The van der Waals surface area contributed by atoms with Gasteiger partial charge in [0.25, 0.3) is 0 Å². The molecule has 1 aromatic heterocycles. The molecule has 9 heteroatoms. The van der Waals surface area contributed by atoms with E-state index < -0.39 is 15.8 Å². The smallest absolute Gasteiger partial charge is 0.243 e. The first kappa shape index (κ1) is 25.3. The van der Waals surface area contributed by atoms with Crippen molar-refractivity contribution in [2.45, 2.75) is 24.2 Å². The number of aromatic nitrogens is 1. The summed E-state index contributed by atoms with van der Waals surface area (Å²) in [7, 11) is -3.71. The maximum absolute atomic E-state index is 13.2. The predicted octanol–water partition coefficient (Wildman–Crippen LogP) is 5.58. The molecule has 0 bridgehead atoms. The number of halogens is 1. The molecule has 37 heavy (non-hydrogen) atoms. The molecule has 1 amide bonds. The Morgan fingerprint density at radius 3 is 2.27 bits per heavy atom. The van der Waals surface area contributed by atoms with Gasteiger partial charge in [0, 0.05) is 30.0 Å². The average molecular weight is 536 g/mol. The van der Waals surface area contributed by atoms with Gasteiger partial charge in [-0.1, -0.05) is 54.6 Å². The second-order valence-corrected chi connectivity index (χ2v) is 11.8. The van der Waals surface area contributed by atoms with E-state index in [4.69, 9.17) is 0 Å². The lowest BCUT2D eigenvalue weighted by Gasteiger charge is -2.30. The molecular formula is C28H26FN3O3S2. The van der Waals surface area contributed by atoms with Crippen molar-refractivity contribution in [3.63, 3.8) is 0 Å². The molecule has 0 unspecified atom stereocenters. The Balaban J connectivity index is 1.16. The number of thiazole rings is 1. The SMILES string of the molecule is O=C(Nc1nc(-c2ccc(Cc3ccccc3)cc2)cs1)C1CCN(S(=O)(=O)c2ccc(F)cc2)CC1. The van der Waals surface area contributed by atoms with E-state index in [9.17, 15) is 17.6 Å². The van der Waals surface area contributed by atoms with Gasteiger partial charge in [-0.15, -0.1) is 11.3 Å². The minimum Gasteiger partial charge on any atom is -0.302 e. The molecule has 2 heterocycles. The summed E-state index contributed by atoms with van der Waals surface area (Å²) in [6.07, 6.45) is 1.68. The maximum Gasteiger partial charge on any atom is 0.243 e. The molecule has 0 saturated carbocycles. The van der Waals surface area contributed by atoms with Crippen LogP contribution in [-0.4, -0.2) is 36.7 Å². The van der Waals surface area contributed by atoms with Gasteiger partial charge in [-0.25, -0.2) is 17.8 Å². The molecular weight excluding hydrogens is 509 g/mol. The van der Waals surface area contributed by atoms with Crippen LogP contribution in [0, 0.1) is 11.7 Å². The summed E-state index contributed by atoms with van der Waals surface area (Å²) in [5, 5.41) is 5.34. The van der Waals surface area contributed by atoms with Gasteiger partial charge in [-0.2, -0.15) is 4.31 Å². The van der Waals surface area contributed by atoms with E-state index in [1.807, 2.05) is 35.7 Å². The summed E-state index contributed by atoms with van der Waals surface area (Å²) in [4.78, 5) is 17.5. The van der Waals surface area contributed by atoms with Crippen LogP contribution in [0.4, 0.5) is 9.52 Å². The van der Waals surface area contributed by atoms with Gasteiger partial charge in [-0.3, -0.25) is 4.79 Å². The largest absolute Gasteiger partial charge is 0.302 e. The van der Waals surface area contributed by atoms with Crippen molar-refractivity contribution in [1.82, 2.24) is 9.29 Å². The summed E-state index contributed by atoms with van der Waals surface area (Å²) >= 11 is 1.37. The molecule has 0 spiro atoms. The number of benzene rings is 3. The fourth-order valence-electron chi connectivity index (χ4n) is 4.41. The maximum atomic E-state index is 13.2. The highest BCUT2D eigenvalue weighted by atomic mass is 32.2. The quantitative estimate of drug-likeness (QED) is 0.335. The van der Waals surface area contributed by atoms with Crippen LogP contribution in [0.1, 0.15) is 24.0 Å². The second kappa shape index (κ2) is 10.9. The van der Waals surface area contributed by atoms with Crippen LogP contribution in [0.3, 0.4) is 0 Å². The fraction of sp³-hybridized carbons (Fsp3) is 0.214. The third kappa shape index (κ3) is 5.95. The van der Waals surface area contributed by atoms with Crippen molar-refractivity contribution in [2.24, 2.45) is 5.92 Å². The van der Waals surface area contributed by atoms with Crippen LogP contribution in [0.15, 0.2) is 89.1 Å². The molecule has 190 valence electrons. The molecule has 0 atom stereocenters. The predicted molar refractivity (Wildman–Crippen MR) is 143 cm³/mol. The van der Waals surface area contributed by atoms with Gasteiger partial charge in [-0.05, 0) is 54.7 Å². The number of carbonyl (C=O) groups excluding carboxylic acids is 1. The molecule has 4 aromatic rings. The van der Waals surface area contributed by atoms with Crippen LogP contribution in [0.25, 0.3) is 11.3 Å². The molecule has 1 aliphatic rings. The Kier molecular flexibility index (Phi) is 7.45. The zero-order valence-electron chi connectivity index (χ0n) is 20.0. The van der Waals surface area contributed by atoms with Crippen LogP contribution in [0.2, 0.25) is 0 Å². The summed E-state index contributed by atoms with van der Waals surface area (Å²) in [5.41, 5.74) is 4.25. The zero-order chi connectivity index (χ0) is 25.8. The monoisotopic (exact) mass is 535 g/mol. The van der Waals surface area contributed by atoms with E-state index in [0.717, 1.165) is 29.8 Å². The molecule has 1 saturated heterocycles. The van der Waals surface area contributed by atoms with Crippen LogP contribution in [-0.2, 0) is 21.2 Å². The molecule has 5 rings (SSSR count). The van der Waals surface area contributed by atoms with Crippen LogP contribution in [0.5, 0.6) is 0 Å². The number of piperidine rings is 1. The van der Waals surface area contributed by atoms with Crippen molar-refractivity contribution in [3.8, 4) is 11.3 Å². The number of nitrogens with one attached hydrogen (secondary N) is 1. The van der Waals surface area contributed by atoms with Gasteiger partial charge < -0.3 is 5.32 Å². The van der Waals surface area contributed by atoms with Gasteiger partial charge in [0.05, 0.1) is 10.6 Å². The average Bonchev–Trinajstić information content (AvgIpc) is 3.38. The number of carbonyl (C=O) groups is 1. The number of anilines is 1. The van der Waals surface area contributed by atoms with Crippen molar-refractivity contribution < 1.29 is 17.6 Å². The Bertz CT molecular complexity index is 1460. The Morgan fingerprint density at radius 1 is 0.946 bits per heavy atom. The lowest BCUT2D eigenvalue weighted by Crippen LogP contribution is -2.41. The Hall–Kier alpha value is -3.40. The summed E-state index contributed by atoms with van der Waals surface area (Å²) < 4.78 is 40.1. The van der Waals surface area contributed by atoms with Gasteiger partial charge in [0.1, 0.15) is 5.82 Å². The molecule has 1 aliphatic heterocycles. The lowest BCUT2D eigenvalue weighted by molar-refractivity contribution is -0.120. The molecule has 0 radical (unpaired) electrons. The highest BCUT2D eigenvalue weighted by Crippen LogP contribution is 2.28. The third-order valence-corrected chi connectivity index (χ3v) is 9.18. The van der Waals surface area contributed by atoms with Crippen molar-refractivity contribution in [1.29, 1.82) is 0 Å². The van der Waals surface area contributed by atoms with Crippen molar-refractivity contribution in [3.05, 3.63) is 101 Å². The third-order valence-electron chi connectivity index (χ3n) is 6.51. The molecule has 6 nitrogen and oxygen atoms in total. The first-order chi connectivity index (χ1) is 17.9. The Labute approximate surface area is 219 Å². The van der Waals surface area contributed by atoms with Gasteiger partial charge >= 0.3 is 0 Å². The Morgan fingerprint density at radius 2 is 1.59 bits per heavy atom. The van der Waals surface area contributed by atoms with Crippen LogP contribution < -0.4 is 5.32 Å². The first-order valence-electron chi connectivity index (χ1n) is 12.0. The minimum absolute atomic E-state index is 0.0558. The lowest BCUT2D eigenvalue weighted by atomic mass is 9.97. The highest BCUT2D eigenvalue weighted by molar-refractivity contribution is 7.89. The number of nitrogens with zero attached hydrogens (tertiary/aromatic N) is 2. The molecule has 3 aromatic carbocycles. The van der Waals surface area contributed by atoms with E-state index >= 15 is 0 Å². The van der Waals surface area contributed by atoms with Crippen LogP contribution >= 0.6 is 11.3 Å². The topological polar surface area (TPSA) is 79.4 Å². The van der Waals surface area contributed by atoms with E-state index in [2.05, 4.69) is 34.6 Å². The first-order valence-corrected chi connectivity index (χ1v) is 14.4. The standard InChI is InChI=1S/C28H26FN3O3S2/c29-24-10-12-25(13-11-24)37(34,35)32-16-14-23(15-17-32)27(33)31-28-30-26(19-36-28)22-8-6-21(7-9-22)18-20-4-2-1-3-5-20/h1-13,19,23H,14-18H2,(H,30,31,33). The van der Waals surface area contributed by atoms with Crippen molar-refractivity contribution in [2.75, 3.05) is 18.4 Å².